The van der Waals surface area contributed by atoms with E-state index in [-0.39, 0.29) is 11.4 Å². The maximum absolute atomic E-state index is 12.2. The third kappa shape index (κ3) is 4.69. The number of nitro groups is 1. The van der Waals surface area contributed by atoms with Crippen molar-refractivity contribution in [1.29, 1.82) is 0 Å². The molecular formula is C17H16BrNO6. The van der Waals surface area contributed by atoms with Gasteiger partial charge in [0, 0.05) is 0 Å². The molecule has 1 atom stereocenters. The van der Waals surface area contributed by atoms with Gasteiger partial charge in [-0.3, -0.25) is 10.1 Å². The minimum atomic E-state index is -0.958. The van der Waals surface area contributed by atoms with Crippen LogP contribution in [-0.4, -0.2) is 24.1 Å². The van der Waals surface area contributed by atoms with Gasteiger partial charge in [-0.15, -0.1) is 0 Å². The van der Waals surface area contributed by atoms with Crippen molar-refractivity contribution in [3.63, 3.8) is 0 Å². The molecule has 2 aromatic rings. The van der Waals surface area contributed by atoms with Gasteiger partial charge in [-0.25, -0.2) is 4.79 Å². The van der Waals surface area contributed by atoms with Crippen molar-refractivity contribution in [1.82, 2.24) is 0 Å². The highest BCUT2D eigenvalue weighted by atomic mass is 79.9. The molecule has 0 radical (unpaired) electrons. The third-order valence-corrected chi connectivity index (χ3v) is 3.92. The number of carbonyl (C=O) groups is 1. The van der Waals surface area contributed by atoms with Gasteiger partial charge in [-0.05, 0) is 59.6 Å². The van der Waals surface area contributed by atoms with Crippen molar-refractivity contribution in [2.45, 2.75) is 20.0 Å². The van der Waals surface area contributed by atoms with E-state index >= 15 is 0 Å². The SMILES string of the molecule is COc1ccc(OC(=O)C(C)Oc2ccc(C)cc2Br)c([N+](=O)[O-])c1. The number of ether oxygens (including phenoxy) is 3. The van der Waals surface area contributed by atoms with Gasteiger partial charge in [-0.1, -0.05) is 6.07 Å². The number of rotatable bonds is 6. The van der Waals surface area contributed by atoms with E-state index in [1.54, 1.807) is 6.07 Å². The largest absolute Gasteiger partial charge is 0.496 e. The Morgan fingerprint density at radius 2 is 1.88 bits per heavy atom. The summed E-state index contributed by atoms with van der Waals surface area (Å²) < 4.78 is 16.3. The summed E-state index contributed by atoms with van der Waals surface area (Å²) in [7, 11) is 1.39. The Kier molecular flexibility index (Phi) is 5.97. The summed E-state index contributed by atoms with van der Waals surface area (Å²) in [5, 5.41) is 11.1. The molecule has 25 heavy (non-hydrogen) atoms. The van der Waals surface area contributed by atoms with E-state index in [9.17, 15) is 14.9 Å². The molecule has 0 amide bonds. The molecule has 1 unspecified atom stereocenters. The van der Waals surface area contributed by atoms with Crippen molar-refractivity contribution in [2.24, 2.45) is 0 Å². The molecule has 0 heterocycles. The van der Waals surface area contributed by atoms with E-state index in [0.717, 1.165) is 5.56 Å². The average Bonchev–Trinajstić information content (AvgIpc) is 2.57. The van der Waals surface area contributed by atoms with E-state index in [2.05, 4.69) is 15.9 Å². The van der Waals surface area contributed by atoms with Crippen molar-refractivity contribution < 1.29 is 23.9 Å². The number of carbonyl (C=O) groups excluding carboxylic acids is 1. The lowest BCUT2D eigenvalue weighted by Gasteiger charge is -2.15. The number of halogens is 1. The van der Waals surface area contributed by atoms with Gasteiger partial charge in [0.05, 0.1) is 22.6 Å². The fraction of sp³-hybridized carbons (Fsp3) is 0.235. The summed E-state index contributed by atoms with van der Waals surface area (Å²) in [6, 6.07) is 9.37. The maximum Gasteiger partial charge on any atom is 0.352 e. The highest BCUT2D eigenvalue weighted by molar-refractivity contribution is 9.10. The standard InChI is InChI=1S/C17H16BrNO6/c1-10-4-6-15(13(18)8-10)24-11(2)17(20)25-16-7-5-12(23-3)9-14(16)19(21)22/h4-9,11H,1-3H3. The normalized spacial score (nSPS) is 11.5. The minimum Gasteiger partial charge on any atom is -0.496 e. The Bertz CT molecular complexity index is 808. The highest BCUT2D eigenvalue weighted by Gasteiger charge is 2.24. The van der Waals surface area contributed by atoms with Crippen LogP contribution in [0.25, 0.3) is 0 Å². The van der Waals surface area contributed by atoms with E-state index in [4.69, 9.17) is 14.2 Å². The van der Waals surface area contributed by atoms with E-state index in [1.165, 1.54) is 32.2 Å². The number of benzene rings is 2. The predicted molar refractivity (Wildman–Crippen MR) is 94.3 cm³/mol. The molecule has 7 nitrogen and oxygen atoms in total. The van der Waals surface area contributed by atoms with Crippen molar-refractivity contribution in [3.05, 3.63) is 56.5 Å². The molecule has 2 rings (SSSR count). The van der Waals surface area contributed by atoms with Crippen molar-refractivity contribution in [2.75, 3.05) is 7.11 Å². The average molecular weight is 410 g/mol. The molecule has 0 aliphatic carbocycles. The van der Waals surface area contributed by atoms with Crippen LogP contribution in [0.3, 0.4) is 0 Å². The summed E-state index contributed by atoms with van der Waals surface area (Å²) in [5.74, 6) is -0.159. The molecule has 0 bridgehead atoms. The Labute approximate surface area is 152 Å². The highest BCUT2D eigenvalue weighted by Crippen LogP contribution is 2.32. The first kappa shape index (κ1) is 18.7. The van der Waals surface area contributed by atoms with Gasteiger partial charge in [-0.2, -0.15) is 0 Å². The Balaban J connectivity index is 2.14. The fourth-order valence-electron chi connectivity index (χ4n) is 1.98. The van der Waals surface area contributed by atoms with Crippen LogP contribution in [0.5, 0.6) is 17.2 Å². The Morgan fingerprint density at radius 3 is 2.48 bits per heavy atom. The number of nitro benzene ring substituents is 1. The quantitative estimate of drug-likeness (QED) is 0.309. The number of hydrogen-bond donors (Lipinski definition) is 0. The Hall–Kier alpha value is -2.61. The smallest absolute Gasteiger partial charge is 0.352 e. The van der Waals surface area contributed by atoms with Crippen LogP contribution in [0.4, 0.5) is 5.69 Å². The second kappa shape index (κ2) is 7.98. The molecule has 0 spiro atoms. The molecule has 0 saturated heterocycles. The van der Waals surface area contributed by atoms with E-state index < -0.39 is 17.0 Å². The lowest BCUT2D eigenvalue weighted by molar-refractivity contribution is -0.385. The first-order valence-electron chi connectivity index (χ1n) is 7.28. The number of nitrogens with zero attached hydrogens (tertiary/aromatic N) is 1. The zero-order valence-corrected chi connectivity index (χ0v) is 15.4. The second-order valence-corrected chi connectivity index (χ2v) is 6.06. The van der Waals surface area contributed by atoms with Crippen LogP contribution in [0.2, 0.25) is 0 Å². The van der Waals surface area contributed by atoms with Crippen molar-refractivity contribution in [3.8, 4) is 17.2 Å². The van der Waals surface area contributed by atoms with Crippen LogP contribution in [0.1, 0.15) is 12.5 Å². The molecule has 2 aromatic carbocycles. The number of aryl methyl sites for hydroxylation is 1. The van der Waals surface area contributed by atoms with Crippen LogP contribution < -0.4 is 14.2 Å². The predicted octanol–water partition coefficient (Wildman–Crippen LogP) is 4.05. The lowest BCUT2D eigenvalue weighted by atomic mass is 10.2. The Morgan fingerprint density at radius 1 is 1.20 bits per heavy atom. The van der Waals surface area contributed by atoms with Gasteiger partial charge in [0.25, 0.3) is 0 Å². The number of methoxy groups -OCH3 is 1. The van der Waals surface area contributed by atoms with Gasteiger partial charge in [0.1, 0.15) is 11.5 Å². The molecule has 0 saturated carbocycles. The number of hydrogen-bond acceptors (Lipinski definition) is 6. The zero-order chi connectivity index (χ0) is 18.6. The van der Waals surface area contributed by atoms with Crippen molar-refractivity contribution >= 4 is 27.6 Å². The first-order valence-corrected chi connectivity index (χ1v) is 8.08. The van der Waals surface area contributed by atoms with Gasteiger partial charge in [0.2, 0.25) is 5.75 Å². The van der Waals surface area contributed by atoms with Gasteiger partial charge < -0.3 is 14.2 Å². The summed E-state index contributed by atoms with van der Waals surface area (Å²) >= 11 is 3.36. The molecule has 0 fully saturated rings. The molecule has 0 aliphatic heterocycles. The van der Waals surface area contributed by atoms with E-state index in [1.807, 2.05) is 19.1 Å². The second-order valence-electron chi connectivity index (χ2n) is 5.21. The summed E-state index contributed by atoms with van der Waals surface area (Å²) in [4.78, 5) is 22.7. The summed E-state index contributed by atoms with van der Waals surface area (Å²) in [6.45, 7) is 3.43. The number of esters is 1. The van der Waals surface area contributed by atoms with E-state index in [0.29, 0.717) is 16.0 Å². The van der Waals surface area contributed by atoms with Crippen LogP contribution >= 0.6 is 15.9 Å². The van der Waals surface area contributed by atoms with Gasteiger partial charge >= 0.3 is 11.7 Å². The third-order valence-electron chi connectivity index (χ3n) is 3.30. The minimum absolute atomic E-state index is 0.172. The maximum atomic E-state index is 12.2. The van der Waals surface area contributed by atoms with Crippen LogP contribution in [-0.2, 0) is 4.79 Å². The molecule has 8 heteroatoms. The topological polar surface area (TPSA) is 87.9 Å². The first-order chi connectivity index (χ1) is 11.8. The molecule has 0 N–H and O–H groups in total. The molecule has 0 aromatic heterocycles. The van der Waals surface area contributed by atoms with Crippen LogP contribution in [0.15, 0.2) is 40.9 Å². The lowest BCUT2D eigenvalue weighted by Crippen LogP contribution is -2.28. The fourth-order valence-corrected chi connectivity index (χ4v) is 2.57. The molecular weight excluding hydrogens is 394 g/mol. The molecule has 0 aliphatic rings. The van der Waals surface area contributed by atoms with Gasteiger partial charge in [0.15, 0.2) is 6.10 Å². The van der Waals surface area contributed by atoms with Crippen LogP contribution in [0, 0.1) is 17.0 Å². The zero-order valence-electron chi connectivity index (χ0n) is 13.8. The monoisotopic (exact) mass is 409 g/mol. The molecule has 132 valence electrons. The summed E-state index contributed by atoms with van der Waals surface area (Å²) in [6.07, 6.45) is -0.958. The summed E-state index contributed by atoms with van der Waals surface area (Å²) in [5.41, 5.74) is 0.666.